The summed E-state index contributed by atoms with van der Waals surface area (Å²) >= 11 is 1.87. The molecule has 0 atom stereocenters. The average molecular weight is 440 g/mol. The van der Waals surface area contributed by atoms with Crippen LogP contribution in [0.5, 0.6) is 0 Å². The van der Waals surface area contributed by atoms with Gasteiger partial charge in [-0.15, -0.1) is 11.3 Å². The Hall–Kier alpha value is -4.08. The van der Waals surface area contributed by atoms with Gasteiger partial charge in [-0.1, -0.05) is 60.7 Å². The maximum atomic E-state index is 6.41. The minimum Gasteiger partial charge on any atom is -0.455 e. The second-order valence-corrected chi connectivity index (χ2v) is 9.59. The van der Waals surface area contributed by atoms with E-state index in [-0.39, 0.29) is 0 Å². The summed E-state index contributed by atoms with van der Waals surface area (Å²) in [6.45, 7) is 0. The highest BCUT2D eigenvalue weighted by atomic mass is 32.1. The lowest BCUT2D eigenvalue weighted by molar-refractivity contribution is 0.673. The molecular formula is C30H17NOS. The topological polar surface area (TPSA) is 18.1 Å². The Labute approximate surface area is 192 Å². The second kappa shape index (κ2) is 6.25. The number of hydrogen-bond acceptors (Lipinski definition) is 2. The van der Waals surface area contributed by atoms with Gasteiger partial charge in [-0.25, -0.2) is 0 Å². The largest absolute Gasteiger partial charge is 0.455 e. The summed E-state index contributed by atoms with van der Waals surface area (Å²) in [4.78, 5) is 0. The fourth-order valence-electron chi connectivity index (χ4n) is 5.41. The molecule has 0 bridgehead atoms. The van der Waals surface area contributed by atoms with E-state index in [0.717, 1.165) is 11.2 Å². The standard InChI is InChI=1S/C30H17NOS/c1-2-8-18(9-3-1)31-23-12-6-4-11-21(23)27-24(31)16-14-22-28-26(33-30(22)27)17-15-20-19-10-5-7-13-25(19)32-29(20)28/h1-17H. The summed E-state index contributed by atoms with van der Waals surface area (Å²) in [6, 6.07) is 36.7. The average Bonchev–Trinajstić information content (AvgIpc) is 3.53. The van der Waals surface area contributed by atoms with Crippen LogP contribution in [0.1, 0.15) is 0 Å². The normalized spacial score (nSPS) is 12.2. The molecule has 2 nitrogen and oxygen atoms in total. The predicted octanol–water partition coefficient (Wildman–Crippen LogP) is 9.05. The minimum atomic E-state index is 0.945. The van der Waals surface area contributed by atoms with Gasteiger partial charge in [0.05, 0.1) is 11.0 Å². The molecule has 0 fully saturated rings. The first-order valence-electron chi connectivity index (χ1n) is 11.1. The van der Waals surface area contributed by atoms with Crippen molar-refractivity contribution in [1.29, 1.82) is 0 Å². The predicted molar refractivity (Wildman–Crippen MR) is 141 cm³/mol. The Balaban J connectivity index is 1.59. The van der Waals surface area contributed by atoms with Gasteiger partial charge in [0.15, 0.2) is 0 Å². The molecule has 0 saturated carbocycles. The summed E-state index contributed by atoms with van der Waals surface area (Å²) in [5, 5.41) is 7.46. The third-order valence-corrected chi connectivity index (χ3v) is 7.98. The second-order valence-electron chi connectivity index (χ2n) is 8.54. The summed E-state index contributed by atoms with van der Waals surface area (Å²) < 4.78 is 11.4. The molecule has 0 unspecified atom stereocenters. The molecule has 0 spiro atoms. The smallest absolute Gasteiger partial charge is 0.144 e. The molecule has 0 amide bonds. The third kappa shape index (κ3) is 2.22. The molecular weight excluding hydrogens is 422 g/mol. The number of thiophene rings is 1. The lowest BCUT2D eigenvalue weighted by Gasteiger charge is -2.07. The van der Waals surface area contributed by atoms with Crippen molar-refractivity contribution in [2.24, 2.45) is 0 Å². The zero-order valence-corrected chi connectivity index (χ0v) is 18.4. The highest BCUT2D eigenvalue weighted by Gasteiger charge is 2.19. The molecule has 3 heteroatoms. The van der Waals surface area contributed by atoms with Crippen molar-refractivity contribution < 1.29 is 4.42 Å². The van der Waals surface area contributed by atoms with Gasteiger partial charge in [-0.2, -0.15) is 0 Å². The molecule has 154 valence electrons. The Kier molecular flexibility index (Phi) is 3.31. The van der Waals surface area contributed by atoms with Gasteiger partial charge in [0, 0.05) is 47.4 Å². The van der Waals surface area contributed by atoms with Gasteiger partial charge in [0.2, 0.25) is 0 Å². The van der Waals surface area contributed by atoms with Crippen molar-refractivity contribution in [3.05, 3.63) is 103 Å². The van der Waals surface area contributed by atoms with Crippen molar-refractivity contribution in [3.8, 4) is 5.69 Å². The molecule has 0 aliphatic rings. The monoisotopic (exact) mass is 439 g/mol. The zero-order valence-electron chi connectivity index (χ0n) is 17.6. The van der Waals surface area contributed by atoms with E-state index in [1.54, 1.807) is 0 Å². The number of benzene rings is 5. The number of rotatable bonds is 1. The molecule has 0 saturated heterocycles. The first-order valence-corrected chi connectivity index (χ1v) is 11.9. The van der Waals surface area contributed by atoms with E-state index in [9.17, 15) is 0 Å². The van der Waals surface area contributed by atoms with Gasteiger partial charge in [0.1, 0.15) is 11.2 Å². The van der Waals surface area contributed by atoms with E-state index in [4.69, 9.17) is 4.42 Å². The number of aromatic nitrogens is 1. The molecule has 0 N–H and O–H groups in total. The van der Waals surface area contributed by atoms with Crippen LogP contribution in [0.25, 0.3) is 69.6 Å². The van der Waals surface area contributed by atoms with Crippen molar-refractivity contribution in [1.82, 2.24) is 4.57 Å². The minimum absolute atomic E-state index is 0.945. The maximum Gasteiger partial charge on any atom is 0.144 e. The first kappa shape index (κ1) is 17.5. The molecule has 3 heterocycles. The van der Waals surface area contributed by atoms with E-state index in [2.05, 4.69) is 102 Å². The van der Waals surface area contributed by atoms with Crippen LogP contribution in [-0.2, 0) is 0 Å². The van der Waals surface area contributed by atoms with E-state index in [1.165, 1.54) is 58.4 Å². The Bertz CT molecular complexity index is 2020. The molecule has 8 aromatic rings. The zero-order chi connectivity index (χ0) is 21.5. The van der Waals surface area contributed by atoms with Crippen molar-refractivity contribution in [3.63, 3.8) is 0 Å². The summed E-state index contributed by atoms with van der Waals surface area (Å²) in [6.07, 6.45) is 0. The fraction of sp³-hybridized carbons (Fsp3) is 0. The van der Waals surface area contributed by atoms with Gasteiger partial charge < -0.3 is 8.98 Å². The highest BCUT2D eigenvalue weighted by molar-refractivity contribution is 7.27. The van der Waals surface area contributed by atoms with Crippen LogP contribution in [0, 0.1) is 0 Å². The first-order chi connectivity index (χ1) is 16.4. The molecule has 0 aliphatic heterocycles. The van der Waals surface area contributed by atoms with Gasteiger partial charge in [0.25, 0.3) is 0 Å². The molecule has 5 aromatic carbocycles. The van der Waals surface area contributed by atoms with Crippen molar-refractivity contribution in [2.45, 2.75) is 0 Å². The van der Waals surface area contributed by atoms with Crippen LogP contribution in [0.3, 0.4) is 0 Å². The highest BCUT2D eigenvalue weighted by Crippen LogP contribution is 2.46. The van der Waals surface area contributed by atoms with E-state index < -0.39 is 0 Å². The van der Waals surface area contributed by atoms with Crippen LogP contribution in [0.4, 0.5) is 0 Å². The van der Waals surface area contributed by atoms with E-state index in [0.29, 0.717) is 0 Å². The molecule has 0 radical (unpaired) electrons. The Morgan fingerprint density at radius 2 is 1.30 bits per heavy atom. The van der Waals surface area contributed by atoms with Crippen LogP contribution in [0.15, 0.2) is 108 Å². The fourth-order valence-corrected chi connectivity index (χ4v) is 6.67. The third-order valence-electron chi connectivity index (χ3n) is 6.80. The number of para-hydroxylation sites is 3. The van der Waals surface area contributed by atoms with Gasteiger partial charge >= 0.3 is 0 Å². The van der Waals surface area contributed by atoms with Crippen molar-refractivity contribution >= 4 is 75.3 Å². The van der Waals surface area contributed by atoms with Crippen LogP contribution in [0.2, 0.25) is 0 Å². The Morgan fingerprint density at radius 1 is 0.545 bits per heavy atom. The number of hydrogen-bond donors (Lipinski definition) is 0. The van der Waals surface area contributed by atoms with Crippen LogP contribution in [-0.4, -0.2) is 4.57 Å². The molecule has 3 aromatic heterocycles. The van der Waals surface area contributed by atoms with E-state index >= 15 is 0 Å². The lowest BCUT2D eigenvalue weighted by atomic mass is 10.1. The van der Waals surface area contributed by atoms with Gasteiger partial charge in [-0.3, -0.25) is 0 Å². The number of nitrogens with zero attached hydrogens (tertiary/aromatic N) is 1. The quantitative estimate of drug-likeness (QED) is 0.249. The lowest BCUT2D eigenvalue weighted by Crippen LogP contribution is -1.92. The van der Waals surface area contributed by atoms with E-state index in [1.807, 2.05) is 17.4 Å². The number of furan rings is 1. The molecule has 0 aliphatic carbocycles. The summed E-state index contributed by atoms with van der Waals surface area (Å²) in [5.74, 6) is 0. The summed E-state index contributed by atoms with van der Waals surface area (Å²) in [5.41, 5.74) is 5.59. The van der Waals surface area contributed by atoms with Crippen LogP contribution < -0.4 is 0 Å². The SMILES string of the molecule is c1ccc(-n2c3ccccc3c3c4sc5ccc6c7ccccc7oc6c5c4ccc32)cc1. The summed E-state index contributed by atoms with van der Waals surface area (Å²) in [7, 11) is 0. The van der Waals surface area contributed by atoms with Crippen LogP contribution >= 0.6 is 11.3 Å². The van der Waals surface area contributed by atoms with Crippen molar-refractivity contribution in [2.75, 3.05) is 0 Å². The van der Waals surface area contributed by atoms with Gasteiger partial charge in [-0.05, 0) is 42.5 Å². The Morgan fingerprint density at radius 3 is 2.21 bits per heavy atom. The maximum absolute atomic E-state index is 6.41. The molecule has 8 rings (SSSR count). The molecule has 33 heavy (non-hydrogen) atoms. The number of fused-ring (bicyclic) bond motifs is 11.